The average Bonchev–Trinajstić information content (AvgIpc) is 3.51. The van der Waals surface area contributed by atoms with Gasteiger partial charge in [0, 0.05) is 17.7 Å². The van der Waals surface area contributed by atoms with E-state index in [1.54, 1.807) is 36.4 Å². The molecular formula is C23H16N4O7. The number of carbonyl (C=O) groups is 1. The van der Waals surface area contributed by atoms with Gasteiger partial charge in [0.25, 0.3) is 11.6 Å². The zero-order valence-electron chi connectivity index (χ0n) is 17.5. The molecule has 11 nitrogen and oxygen atoms in total. The number of amides is 1. The quantitative estimate of drug-likeness (QED) is 0.355. The third-order valence-electron chi connectivity index (χ3n) is 5.63. The lowest BCUT2D eigenvalue weighted by Gasteiger charge is -2.34. The van der Waals surface area contributed by atoms with Gasteiger partial charge in [-0.25, -0.2) is 5.01 Å². The van der Waals surface area contributed by atoms with Gasteiger partial charge in [0.2, 0.25) is 13.6 Å². The number of fused-ring (bicyclic) bond motifs is 3. The Morgan fingerprint density at radius 3 is 2.41 bits per heavy atom. The lowest BCUT2D eigenvalue weighted by Crippen LogP contribution is -2.39. The van der Waals surface area contributed by atoms with Crippen molar-refractivity contribution in [2.45, 2.75) is 6.17 Å². The lowest BCUT2D eigenvalue weighted by atomic mass is 10.0. The summed E-state index contributed by atoms with van der Waals surface area (Å²) in [5.41, 5.74) is 1.86. The number of hydrogen-bond acceptors (Lipinski definition) is 9. The predicted octanol–water partition coefficient (Wildman–Crippen LogP) is 3.65. The highest BCUT2D eigenvalue weighted by molar-refractivity contribution is 6.02. The molecule has 3 aromatic carbocycles. The van der Waals surface area contributed by atoms with Gasteiger partial charge in [0.05, 0.1) is 22.4 Å². The second-order valence-corrected chi connectivity index (χ2v) is 7.65. The van der Waals surface area contributed by atoms with Crippen LogP contribution in [0.2, 0.25) is 0 Å². The molecule has 3 aromatic rings. The highest BCUT2D eigenvalue weighted by Gasteiger charge is 2.35. The molecule has 0 aromatic heterocycles. The number of nitro groups is 1. The molecule has 0 bridgehead atoms. The monoisotopic (exact) mass is 460 g/mol. The normalized spacial score (nSPS) is 17.6. The first-order valence-electron chi connectivity index (χ1n) is 10.3. The second-order valence-electron chi connectivity index (χ2n) is 7.65. The molecule has 170 valence electrons. The molecule has 1 N–H and O–H groups in total. The lowest BCUT2D eigenvalue weighted by molar-refractivity contribution is -0.384. The van der Waals surface area contributed by atoms with Crippen molar-refractivity contribution in [1.29, 1.82) is 0 Å². The number of ether oxygens (including phenoxy) is 4. The first-order valence-corrected chi connectivity index (χ1v) is 10.3. The average molecular weight is 460 g/mol. The van der Waals surface area contributed by atoms with E-state index in [1.165, 1.54) is 29.4 Å². The fraction of sp³-hybridized carbons (Fsp3) is 0.130. The zero-order valence-corrected chi connectivity index (χ0v) is 17.5. The van der Waals surface area contributed by atoms with Crippen LogP contribution in [0.4, 0.5) is 11.4 Å². The van der Waals surface area contributed by atoms with Crippen molar-refractivity contribution in [2.24, 2.45) is 5.10 Å². The second kappa shape index (κ2) is 7.66. The number of benzene rings is 3. The molecule has 0 radical (unpaired) electrons. The molecule has 0 saturated heterocycles. The van der Waals surface area contributed by atoms with Gasteiger partial charge in [0.1, 0.15) is 0 Å². The van der Waals surface area contributed by atoms with Gasteiger partial charge < -0.3 is 24.3 Å². The summed E-state index contributed by atoms with van der Waals surface area (Å²) in [6.07, 6.45) is 0.791. The molecule has 6 rings (SSSR count). The minimum Gasteiger partial charge on any atom is -0.454 e. The molecular weight excluding hydrogens is 444 g/mol. The maximum atomic E-state index is 13.4. The molecule has 11 heteroatoms. The third-order valence-corrected chi connectivity index (χ3v) is 5.63. The Balaban J connectivity index is 1.40. The number of carbonyl (C=O) groups excluding carboxylic acids is 1. The summed E-state index contributed by atoms with van der Waals surface area (Å²) < 4.78 is 21.6. The van der Waals surface area contributed by atoms with Crippen molar-refractivity contribution < 1.29 is 28.7 Å². The van der Waals surface area contributed by atoms with E-state index < -0.39 is 17.0 Å². The molecule has 3 aliphatic rings. The Hall–Kier alpha value is -4.80. The Labute approximate surface area is 192 Å². The summed E-state index contributed by atoms with van der Waals surface area (Å²) in [6.45, 7) is 0.260. The van der Waals surface area contributed by atoms with Crippen LogP contribution in [-0.2, 0) is 0 Å². The standard InChI is InChI=1S/C23H16N4O7/c28-23-16-4-3-15(27(29)30)9-17(16)25-22(14-2-6-19-21(8-14)34-12-32-19)26(23)24-10-13-1-5-18-20(7-13)33-11-31-18/h1-10,22,25H,11-12H2/b24-10+. The van der Waals surface area contributed by atoms with Crippen LogP contribution in [0.5, 0.6) is 23.0 Å². The van der Waals surface area contributed by atoms with E-state index in [2.05, 4.69) is 10.4 Å². The third kappa shape index (κ3) is 3.30. The Bertz CT molecular complexity index is 1370. The van der Waals surface area contributed by atoms with Crippen LogP contribution in [0.15, 0.2) is 59.7 Å². The Morgan fingerprint density at radius 2 is 1.65 bits per heavy atom. The summed E-state index contributed by atoms with van der Waals surface area (Å²) in [6, 6.07) is 14.7. The van der Waals surface area contributed by atoms with Gasteiger partial charge in [-0.15, -0.1) is 0 Å². The van der Waals surface area contributed by atoms with E-state index in [-0.39, 0.29) is 24.8 Å². The number of nitrogens with one attached hydrogen (secondary N) is 1. The van der Waals surface area contributed by atoms with Crippen LogP contribution in [0.25, 0.3) is 0 Å². The molecule has 1 amide bonds. The summed E-state index contributed by atoms with van der Waals surface area (Å²) in [5, 5.41) is 20.2. The van der Waals surface area contributed by atoms with E-state index in [0.29, 0.717) is 39.8 Å². The number of anilines is 1. The predicted molar refractivity (Wildman–Crippen MR) is 118 cm³/mol. The van der Waals surface area contributed by atoms with Crippen LogP contribution < -0.4 is 24.3 Å². The van der Waals surface area contributed by atoms with E-state index in [9.17, 15) is 14.9 Å². The van der Waals surface area contributed by atoms with Crippen molar-refractivity contribution in [3.05, 3.63) is 81.4 Å². The van der Waals surface area contributed by atoms with Gasteiger partial charge in [-0.1, -0.05) is 6.07 Å². The molecule has 1 atom stereocenters. The molecule has 34 heavy (non-hydrogen) atoms. The van der Waals surface area contributed by atoms with E-state index in [1.807, 2.05) is 0 Å². The fourth-order valence-corrected chi connectivity index (χ4v) is 3.95. The highest BCUT2D eigenvalue weighted by atomic mass is 16.7. The van der Waals surface area contributed by atoms with E-state index in [0.717, 1.165) is 0 Å². The van der Waals surface area contributed by atoms with Crippen LogP contribution in [0.1, 0.15) is 27.7 Å². The molecule has 3 aliphatic heterocycles. The summed E-state index contributed by atoms with van der Waals surface area (Å²) >= 11 is 0. The van der Waals surface area contributed by atoms with Crippen molar-refractivity contribution in [1.82, 2.24) is 5.01 Å². The Morgan fingerprint density at radius 1 is 0.941 bits per heavy atom. The summed E-state index contributed by atoms with van der Waals surface area (Å²) in [4.78, 5) is 24.2. The minimum absolute atomic E-state index is 0.108. The van der Waals surface area contributed by atoms with Crippen LogP contribution in [0, 0.1) is 10.1 Å². The zero-order chi connectivity index (χ0) is 23.2. The molecule has 3 heterocycles. The summed E-state index contributed by atoms with van der Waals surface area (Å²) in [5.74, 6) is 1.95. The molecule has 0 saturated carbocycles. The smallest absolute Gasteiger partial charge is 0.278 e. The fourth-order valence-electron chi connectivity index (χ4n) is 3.95. The van der Waals surface area contributed by atoms with Gasteiger partial charge in [-0.3, -0.25) is 14.9 Å². The number of hydrazone groups is 1. The Kier molecular flexibility index (Phi) is 4.47. The van der Waals surface area contributed by atoms with Crippen LogP contribution in [-0.4, -0.2) is 35.6 Å². The summed E-state index contributed by atoms with van der Waals surface area (Å²) in [7, 11) is 0. The number of rotatable bonds is 4. The number of nitrogens with zero attached hydrogens (tertiary/aromatic N) is 3. The van der Waals surface area contributed by atoms with Gasteiger partial charge in [0.15, 0.2) is 29.2 Å². The minimum atomic E-state index is -0.748. The topological polar surface area (TPSA) is 125 Å². The maximum absolute atomic E-state index is 13.4. The van der Waals surface area contributed by atoms with Crippen molar-refractivity contribution in [3.8, 4) is 23.0 Å². The van der Waals surface area contributed by atoms with E-state index >= 15 is 0 Å². The van der Waals surface area contributed by atoms with Crippen molar-refractivity contribution >= 4 is 23.5 Å². The van der Waals surface area contributed by atoms with Crippen molar-refractivity contribution in [3.63, 3.8) is 0 Å². The number of non-ortho nitro benzene ring substituents is 1. The van der Waals surface area contributed by atoms with Gasteiger partial charge in [-0.2, -0.15) is 5.10 Å². The molecule has 1 unspecified atom stereocenters. The number of nitro benzene ring substituents is 1. The van der Waals surface area contributed by atoms with Crippen LogP contribution >= 0.6 is 0 Å². The first-order chi connectivity index (χ1) is 16.6. The SMILES string of the molecule is O=C1c2ccc([N+](=O)[O-])cc2NC(c2ccc3c(c2)OCO3)N1/N=C/c1ccc2c(c1)OCO2. The highest BCUT2D eigenvalue weighted by Crippen LogP contribution is 2.40. The first kappa shape index (κ1) is 19.9. The largest absolute Gasteiger partial charge is 0.454 e. The molecule has 0 spiro atoms. The van der Waals surface area contributed by atoms with E-state index in [4.69, 9.17) is 18.9 Å². The van der Waals surface area contributed by atoms with Gasteiger partial charge >= 0.3 is 0 Å². The van der Waals surface area contributed by atoms with Gasteiger partial charge in [-0.05, 0) is 42.0 Å². The maximum Gasteiger partial charge on any atom is 0.278 e. The van der Waals surface area contributed by atoms with Crippen molar-refractivity contribution in [2.75, 3.05) is 18.9 Å². The number of hydrogen-bond donors (Lipinski definition) is 1. The molecule has 0 fully saturated rings. The molecule has 0 aliphatic carbocycles. The van der Waals surface area contributed by atoms with Crippen LogP contribution in [0.3, 0.4) is 0 Å².